The van der Waals surface area contributed by atoms with Gasteiger partial charge in [-0.1, -0.05) is 34.1 Å². The number of piperidine rings is 1. The van der Waals surface area contributed by atoms with Crippen molar-refractivity contribution in [2.45, 2.75) is 25.8 Å². The lowest BCUT2D eigenvalue weighted by Gasteiger charge is -2.24. The van der Waals surface area contributed by atoms with Crippen molar-refractivity contribution in [2.24, 2.45) is 5.92 Å². The van der Waals surface area contributed by atoms with Gasteiger partial charge in [0.15, 0.2) is 0 Å². The number of nitrogens with one attached hydrogen (secondary N) is 2. The van der Waals surface area contributed by atoms with Crippen molar-refractivity contribution < 1.29 is 4.79 Å². The molecule has 4 heteroatoms. The molecule has 0 aromatic heterocycles. The number of rotatable bonds is 3. The Hall–Kier alpha value is -0.870. The van der Waals surface area contributed by atoms with Crippen molar-refractivity contribution >= 4 is 21.8 Å². The Labute approximate surface area is 116 Å². The lowest BCUT2D eigenvalue weighted by atomic mass is 9.96. The van der Waals surface area contributed by atoms with Crippen LogP contribution in [0.3, 0.4) is 0 Å². The van der Waals surface area contributed by atoms with Crippen molar-refractivity contribution in [1.29, 1.82) is 0 Å². The van der Waals surface area contributed by atoms with E-state index in [0.717, 1.165) is 36.0 Å². The highest BCUT2D eigenvalue weighted by molar-refractivity contribution is 9.10. The van der Waals surface area contributed by atoms with E-state index in [1.807, 2.05) is 31.2 Å². The molecule has 1 atom stereocenters. The average molecular weight is 311 g/mol. The first-order chi connectivity index (χ1) is 8.68. The summed E-state index contributed by atoms with van der Waals surface area (Å²) in [6, 6.07) is 8.06. The van der Waals surface area contributed by atoms with Crippen LogP contribution in [0, 0.1) is 5.92 Å². The second-order valence-electron chi connectivity index (χ2n) is 4.78. The van der Waals surface area contributed by atoms with Crippen LogP contribution in [0.5, 0.6) is 0 Å². The molecule has 0 bridgehead atoms. The molecule has 2 N–H and O–H groups in total. The molecule has 0 saturated carbocycles. The van der Waals surface area contributed by atoms with Crippen LogP contribution in [0.1, 0.15) is 31.4 Å². The first-order valence-corrected chi connectivity index (χ1v) is 7.23. The maximum Gasteiger partial charge on any atom is 0.223 e. The highest BCUT2D eigenvalue weighted by Gasteiger charge is 2.22. The van der Waals surface area contributed by atoms with Gasteiger partial charge in [-0.25, -0.2) is 0 Å². The summed E-state index contributed by atoms with van der Waals surface area (Å²) in [7, 11) is 0. The molecule has 1 aromatic carbocycles. The standard InChI is InChI=1S/C14H19BrN2O/c1-10(12-4-2-3-5-13(12)15)17-14(18)11-6-8-16-9-7-11/h2-5,10-11,16H,6-9H2,1H3,(H,17,18)/t10-/m0/s1. The second-order valence-corrected chi connectivity index (χ2v) is 5.63. The SMILES string of the molecule is C[C@H](NC(=O)C1CCNCC1)c1ccccc1Br. The van der Waals surface area contributed by atoms with E-state index in [1.54, 1.807) is 0 Å². The molecule has 0 radical (unpaired) electrons. The number of carbonyl (C=O) groups is 1. The van der Waals surface area contributed by atoms with Gasteiger partial charge in [-0.3, -0.25) is 4.79 Å². The van der Waals surface area contributed by atoms with Gasteiger partial charge in [0.05, 0.1) is 6.04 Å². The van der Waals surface area contributed by atoms with Gasteiger partial charge in [-0.05, 0) is 44.5 Å². The predicted molar refractivity (Wildman–Crippen MR) is 76.3 cm³/mol. The van der Waals surface area contributed by atoms with Crippen molar-refractivity contribution in [2.75, 3.05) is 13.1 Å². The summed E-state index contributed by atoms with van der Waals surface area (Å²) >= 11 is 3.52. The fraction of sp³-hybridized carbons (Fsp3) is 0.500. The van der Waals surface area contributed by atoms with Crippen LogP contribution in [0.15, 0.2) is 28.7 Å². The largest absolute Gasteiger partial charge is 0.349 e. The van der Waals surface area contributed by atoms with Crippen molar-refractivity contribution in [3.63, 3.8) is 0 Å². The predicted octanol–water partition coefficient (Wildman–Crippen LogP) is 2.63. The van der Waals surface area contributed by atoms with Crippen molar-refractivity contribution in [1.82, 2.24) is 10.6 Å². The van der Waals surface area contributed by atoms with Crippen LogP contribution in [0.4, 0.5) is 0 Å². The number of benzene rings is 1. The Balaban J connectivity index is 1.96. The molecule has 0 aliphatic carbocycles. The molecule has 1 saturated heterocycles. The van der Waals surface area contributed by atoms with Gasteiger partial charge in [-0.15, -0.1) is 0 Å². The van der Waals surface area contributed by atoms with Crippen LogP contribution < -0.4 is 10.6 Å². The molecule has 1 amide bonds. The minimum absolute atomic E-state index is 0.0444. The number of hydrogen-bond donors (Lipinski definition) is 2. The minimum atomic E-state index is 0.0444. The summed E-state index contributed by atoms with van der Waals surface area (Å²) in [5.74, 6) is 0.343. The molecule has 1 fully saturated rings. The van der Waals surface area contributed by atoms with E-state index in [-0.39, 0.29) is 17.9 Å². The van der Waals surface area contributed by atoms with Crippen LogP contribution in [0.2, 0.25) is 0 Å². The summed E-state index contributed by atoms with van der Waals surface area (Å²) in [6.07, 6.45) is 1.88. The molecule has 1 heterocycles. The summed E-state index contributed by atoms with van der Waals surface area (Å²) in [5.41, 5.74) is 1.12. The van der Waals surface area contributed by atoms with Crippen molar-refractivity contribution in [3.05, 3.63) is 34.3 Å². The van der Waals surface area contributed by atoms with Gasteiger partial charge in [-0.2, -0.15) is 0 Å². The summed E-state index contributed by atoms with van der Waals surface area (Å²) in [6.45, 7) is 3.92. The molecule has 18 heavy (non-hydrogen) atoms. The topological polar surface area (TPSA) is 41.1 Å². The second kappa shape index (κ2) is 6.34. The third-order valence-corrected chi connectivity index (χ3v) is 4.16. The van der Waals surface area contributed by atoms with Crippen LogP contribution in [0.25, 0.3) is 0 Å². The lowest BCUT2D eigenvalue weighted by Crippen LogP contribution is -2.39. The van der Waals surface area contributed by atoms with E-state index in [1.165, 1.54) is 0 Å². The van der Waals surface area contributed by atoms with E-state index >= 15 is 0 Å². The maximum atomic E-state index is 12.1. The highest BCUT2D eigenvalue weighted by Crippen LogP contribution is 2.23. The lowest BCUT2D eigenvalue weighted by molar-refractivity contribution is -0.126. The molecular weight excluding hydrogens is 292 g/mol. The Bertz CT molecular complexity index is 416. The molecule has 1 aliphatic rings. The van der Waals surface area contributed by atoms with E-state index in [2.05, 4.69) is 26.6 Å². The molecule has 1 aliphatic heterocycles. The number of carbonyl (C=O) groups excluding carboxylic acids is 1. The van der Waals surface area contributed by atoms with E-state index < -0.39 is 0 Å². The number of hydrogen-bond acceptors (Lipinski definition) is 2. The Morgan fingerprint density at radius 1 is 1.39 bits per heavy atom. The molecule has 1 aromatic rings. The smallest absolute Gasteiger partial charge is 0.223 e. The monoisotopic (exact) mass is 310 g/mol. The zero-order valence-electron chi connectivity index (χ0n) is 10.6. The van der Waals surface area contributed by atoms with Gasteiger partial charge in [0.1, 0.15) is 0 Å². The van der Waals surface area contributed by atoms with Gasteiger partial charge >= 0.3 is 0 Å². The molecule has 98 valence electrons. The van der Waals surface area contributed by atoms with Crippen LogP contribution in [-0.2, 0) is 4.79 Å². The van der Waals surface area contributed by atoms with Crippen LogP contribution in [-0.4, -0.2) is 19.0 Å². The minimum Gasteiger partial charge on any atom is -0.349 e. The zero-order chi connectivity index (χ0) is 13.0. The molecular formula is C14H19BrN2O. The first-order valence-electron chi connectivity index (χ1n) is 6.44. The van der Waals surface area contributed by atoms with Gasteiger partial charge < -0.3 is 10.6 Å². The quantitative estimate of drug-likeness (QED) is 0.901. The van der Waals surface area contributed by atoms with Gasteiger partial charge in [0.25, 0.3) is 0 Å². The maximum absolute atomic E-state index is 12.1. The van der Waals surface area contributed by atoms with E-state index in [4.69, 9.17) is 0 Å². The Morgan fingerprint density at radius 3 is 2.72 bits per heavy atom. The van der Waals surface area contributed by atoms with E-state index in [0.29, 0.717) is 0 Å². The third-order valence-electron chi connectivity index (χ3n) is 3.44. The third kappa shape index (κ3) is 3.33. The van der Waals surface area contributed by atoms with Gasteiger partial charge in [0.2, 0.25) is 5.91 Å². The molecule has 3 nitrogen and oxygen atoms in total. The summed E-state index contributed by atoms with van der Waals surface area (Å²) in [5, 5.41) is 6.39. The fourth-order valence-electron chi connectivity index (χ4n) is 2.32. The zero-order valence-corrected chi connectivity index (χ0v) is 12.2. The van der Waals surface area contributed by atoms with Crippen LogP contribution >= 0.6 is 15.9 Å². The Morgan fingerprint density at radius 2 is 2.06 bits per heavy atom. The summed E-state index contributed by atoms with van der Waals surface area (Å²) in [4.78, 5) is 12.1. The number of amides is 1. The molecule has 0 unspecified atom stereocenters. The normalized spacial score (nSPS) is 18.3. The fourth-order valence-corrected chi connectivity index (χ4v) is 2.95. The average Bonchev–Trinajstić information content (AvgIpc) is 2.40. The highest BCUT2D eigenvalue weighted by atomic mass is 79.9. The number of halogens is 1. The summed E-state index contributed by atoms with van der Waals surface area (Å²) < 4.78 is 1.04. The Kier molecular flexibility index (Phi) is 4.78. The molecule has 2 rings (SSSR count). The first kappa shape index (κ1) is 13.6. The molecule has 0 spiro atoms. The van der Waals surface area contributed by atoms with Gasteiger partial charge in [0, 0.05) is 10.4 Å². The van der Waals surface area contributed by atoms with Crippen molar-refractivity contribution in [3.8, 4) is 0 Å². The van der Waals surface area contributed by atoms with E-state index in [9.17, 15) is 4.79 Å².